The molecule has 0 unspecified atom stereocenters. The van der Waals surface area contributed by atoms with Crippen molar-refractivity contribution >= 4 is 10.9 Å². The van der Waals surface area contributed by atoms with E-state index in [0.717, 1.165) is 22.5 Å². The van der Waals surface area contributed by atoms with Crippen LogP contribution >= 0.6 is 0 Å². The van der Waals surface area contributed by atoms with Crippen molar-refractivity contribution in [2.75, 3.05) is 7.11 Å². The van der Waals surface area contributed by atoms with Crippen LogP contribution in [0, 0.1) is 13.8 Å². The molecular formula is C16H16N2O. The van der Waals surface area contributed by atoms with E-state index in [0.29, 0.717) is 0 Å². The van der Waals surface area contributed by atoms with E-state index in [1.807, 2.05) is 30.5 Å². The number of nitrogens with zero attached hydrogens (tertiary/aromatic N) is 1. The van der Waals surface area contributed by atoms with Gasteiger partial charge >= 0.3 is 0 Å². The zero-order valence-electron chi connectivity index (χ0n) is 11.3. The molecular weight excluding hydrogens is 236 g/mol. The van der Waals surface area contributed by atoms with Crippen molar-refractivity contribution in [3.05, 3.63) is 47.8 Å². The van der Waals surface area contributed by atoms with Gasteiger partial charge in [0.2, 0.25) is 0 Å². The maximum absolute atomic E-state index is 5.19. The maximum Gasteiger partial charge on any atom is 0.118 e. The number of fused-ring (bicyclic) bond motifs is 1. The molecule has 0 atom stereocenters. The van der Waals surface area contributed by atoms with Crippen LogP contribution in [0.15, 0.2) is 36.5 Å². The number of nitrogens with one attached hydrogen (secondary N) is 1. The number of aromatic amines is 1. The van der Waals surface area contributed by atoms with Gasteiger partial charge in [-0.25, -0.2) is 0 Å². The van der Waals surface area contributed by atoms with Gasteiger partial charge in [0.1, 0.15) is 5.75 Å². The van der Waals surface area contributed by atoms with Gasteiger partial charge < -0.3 is 9.72 Å². The quantitative estimate of drug-likeness (QED) is 0.752. The van der Waals surface area contributed by atoms with Crippen LogP contribution in [0.3, 0.4) is 0 Å². The molecule has 19 heavy (non-hydrogen) atoms. The minimum atomic E-state index is 0.856. The van der Waals surface area contributed by atoms with Gasteiger partial charge in [-0.05, 0) is 49.7 Å². The molecule has 3 heteroatoms. The lowest BCUT2D eigenvalue weighted by Gasteiger charge is -2.04. The first-order valence-electron chi connectivity index (χ1n) is 6.29. The molecule has 0 spiro atoms. The highest BCUT2D eigenvalue weighted by molar-refractivity contribution is 5.94. The number of hydrogen-bond donors (Lipinski definition) is 1. The third-order valence-corrected chi connectivity index (χ3v) is 3.59. The summed E-state index contributed by atoms with van der Waals surface area (Å²) in [5.41, 5.74) is 5.65. The molecule has 1 aromatic carbocycles. The van der Waals surface area contributed by atoms with Crippen LogP contribution in [0.25, 0.3) is 22.2 Å². The van der Waals surface area contributed by atoms with Crippen molar-refractivity contribution in [2.24, 2.45) is 0 Å². The fourth-order valence-corrected chi connectivity index (χ4v) is 2.35. The summed E-state index contributed by atoms with van der Waals surface area (Å²) in [6.45, 7) is 4.22. The monoisotopic (exact) mass is 252 g/mol. The average molecular weight is 252 g/mol. The molecule has 1 N–H and O–H groups in total. The fraction of sp³-hybridized carbons (Fsp3) is 0.188. The largest absolute Gasteiger partial charge is 0.497 e. The third kappa shape index (κ3) is 1.87. The molecule has 0 saturated carbocycles. The number of aromatic nitrogens is 2. The van der Waals surface area contributed by atoms with E-state index < -0.39 is 0 Å². The van der Waals surface area contributed by atoms with Crippen molar-refractivity contribution in [1.82, 2.24) is 9.97 Å². The topological polar surface area (TPSA) is 37.9 Å². The smallest absolute Gasteiger partial charge is 0.118 e. The van der Waals surface area contributed by atoms with Gasteiger partial charge in [0.25, 0.3) is 0 Å². The third-order valence-electron chi connectivity index (χ3n) is 3.59. The molecule has 0 aliphatic heterocycles. The summed E-state index contributed by atoms with van der Waals surface area (Å²) in [5.74, 6) is 0.856. The van der Waals surface area contributed by atoms with E-state index in [-0.39, 0.29) is 0 Å². The predicted octanol–water partition coefficient (Wildman–Crippen LogP) is 3.86. The molecule has 96 valence electrons. The van der Waals surface area contributed by atoms with Gasteiger partial charge in [0.15, 0.2) is 0 Å². The Kier molecular flexibility index (Phi) is 2.75. The number of hydrogen-bond acceptors (Lipinski definition) is 2. The summed E-state index contributed by atoms with van der Waals surface area (Å²) < 4.78 is 5.19. The SMILES string of the molecule is COc1ccc(-c2nccc3c(C)c(C)[nH]c23)cc1. The zero-order chi connectivity index (χ0) is 13.4. The summed E-state index contributed by atoms with van der Waals surface area (Å²) in [6, 6.07) is 10.0. The van der Waals surface area contributed by atoms with Crippen LogP contribution in [0.1, 0.15) is 11.3 Å². The molecule has 0 amide bonds. The van der Waals surface area contributed by atoms with Crippen molar-refractivity contribution < 1.29 is 4.74 Å². The first kappa shape index (κ1) is 11.8. The van der Waals surface area contributed by atoms with E-state index in [1.54, 1.807) is 7.11 Å². The fourth-order valence-electron chi connectivity index (χ4n) is 2.35. The van der Waals surface area contributed by atoms with Gasteiger partial charge in [0, 0.05) is 22.8 Å². The Morgan fingerprint density at radius 3 is 2.47 bits per heavy atom. The number of methoxy groups -OCH3 is 1. The van der Waals surface area contributed by atoms with Crippen LogP contribution in [-0.4, -0.2) is 17.1 Å². The van der Waals surface area contributed by atoms with Gasteiger partial charge in [-0.1, -0.05) is 0 Å². The lowest BCUT2D eigenvalue weighted by atomic mass is 10.1. The molecule has 0 fully saturated rings. The normalized spacial score (nSPS) is 10.9. The van der Waals surface area contributed by atoms with E-state index in [9.17, 15) is 0 Å². The van der Waals surface area contributed by atoms with E-state index in [2.05, 4.69) is 29.9 Å². The summed E-state index contributed by atoms with van der Waals surface area (Å²) in [4.78, 5) is 7.94. The van der Waals surface area contributed by atoms with Crippen LogP contribution in [0.2, 0.25) is 0 Å². The van der Waals surface area contributed by atoms with Crippen LogP contribution in [0.4, 0.5) is 0 Å². The van der Waals surface area contributed by atoms with Gasteiger partial charge in [-0.2, -0.15) is 0 Å². The molecule has 0 saturated heterocycles. The molecule has 0 radical (unpaired) electrons. The first-order valence-corrected chi connectivity index (χ1v) is 6.29. The average Bonchev–Trinajstić information content (AvgIpc) is 2.75. The summed E-state index contributed by atoms with van der Waals surface area (Å²) >= 11 is 0. The highest BCUT2D eigenvalue weighted by atomic mass is 16.5. The highest BCUT2D eigenvalue weighted by Crippen LogP contribution is 2.30. The van der Waals surface area contributed by atoms with Gasteiger partial charge in [-0.3, -0.25) is 4.98 Å². The second kappa shape index (κ2) is 4.43. The number of benzene rings is 1. The van der Waals surface area contributed by atoms with Crippen LogP contribution < -0.4 is 4.74 Å². The Balaban J connectivity index is 2.21. The Morgan fingerprint density at radius 1 is 1.05 bits per heavy atom. The minimum Gasteiger partial charge on any atom is -0.497 e. The zero-order valence-corrected chi connectivity index (χ0v) is 11.3. The van der Waals surface area contributed by atoms with Gasteiger partial charge in [-0.15, -0.1) is 0 Å². The van der Waals surface area contributed by atoms with Crippen LogP contribution in [-0.2, 0) is 0 Å². The molecule has 3 rings (SSSR count). The first-order chi connectivity index (χ1) is 9.20. The Bertz CT molecular complexity index is 726. The van der Waals surface area contributed by atoms with Crippen molar-refractivity contribution in [2.45, 2.75) is 13.8 Å². The lowest BCUT2D eigenvalue weighted by molar-refractivity contribution is 0.415. The number of H-pyrrole nitrogens is 1. The van der Waals surface area contributed by atoms with Gasteiger partial charge in [0.05, 0.1) is 18.3 Å². The lowest BCUT2D eigenvalue weighted by Crippen LogP contribution is -1.87. The highest BCUT2D eigenvalue weighted by Gasteiger charge is 2.10. The summed E-state index contributed by atoms with van der Waals surface area (Å²) in [6.07, 6.45) is 1.86. The minimum absolute atomic E-state index is 0.856. The number of aryl methyl sites for hydroxylation is 2. The molecule has 3 aromatic rings. The number of rotatable bonds is 2. The van der Waals surface area contributed by atoms with E-state index in [4.69, 9.17) is 4.74 Å². The molecule has 0 aliphatic rings. The molecule has 0 bridgehead atoms. The van der Waals surface area contributed by atoms with Crippen molar-refractivity contribution in [1.29, 1.82) is 0 Å². The summed E-state index contributed by atoms with van der Waals surface area (Å²) in [7, 11) is 1.67. The number of pyridine rings is 1. The van der Waals surface area contributed by atoms with Crippen molar-refractivity contribution in [3.63, 3.8) is 0 Å². The maximum atomic E-state index is 5.19. The molecule has 2 aromatic heterocycles. The van der Waals surface area contributed by atoms with Crippen LogP contribution in [0.5, 0.6) is 5.75 Å². The molecule has 3 nitrogen and oxygen atoms in total. The van der Waals surface area contributed by atoms with Crippen molar-refractivity contribution in [3.8, 4) is 17.0 Å². The van der Waals surface area contributed by atoms with E-state index >= 15 is 0 Å². The number of ether oxygens (including phenoxy) is 1. The Hall–Kier alpha value is -2.29. The van der Waals surface area contributed by atoms with E-state index in [1.165, 1.54) is 16.6 Å². The second-order valence-corrected chi connectivity index (χ2v) is 4.69. The predicted molar refractivity (Wildman–Crippen MR) is 77.6 cm³/mol. The molecule has 2 heterocycles. The standard InChI is InChI=1S/C16H16N2O/c1-10-11(2)18-16-14(10)8-9-17-15(16)12-4-6-13(19-3)7-5-12/h4-9,18H,1-3H3. The molecule has 0 aliphatic carbocycles. The second-order valence-electron chi connectivity index (χ2n) is 4.69. The Morgan fingerprint density at radius 2 is 1.79 bits per heavy atom. The Labute approximate surface area is 112 Å². The summed E-state index contributed by atoms with van der Waals surface area (Å²) in [5, 5.41) is 1.23.